The molecule has 0 spiro atoms. The van der Waals surface area contributed by atoms with Gasteiger partial charge in [-0.1, -0.05) is 0 Å². The lowest BCUT2D eigenvalue weighted by atomic mass is 9.94. The molecule has 0 saturated carbocycles. The molecule has 1 aliphatic heterocycles. The van der Waals surface area contributed by atoms with Gasteiger partial charge in [-0.2, -0.15) is 5.26 Å². The van der Waals surface area contributed by atoms with Crippen molar-refractivity contribution < 1.29 is 5.11 Å². The van der Waals surface area contributed by atoms with Crippen molar-refractivity contribution in [3.63, 3.8) is 0 Å². The summed E-state index contributed by atoms with van der Waals surface area (Å²) in [7, 11) is 0. The number of aliphatic hydroxyl groups is 1. The van der Waals surface area contributed by atoms with Crippen molar-refractivity contribution in [2.24, 2.45) is 5.92 Å². The van der Waals surface area contributed by atoms with Gasteiger partial charge in [0, 0.05) is 18.9 Å². The van der Waals surface area contributed by atoms with Gasteiger partial charge >= 0.3 is 0 Å². The molecule has 0 aromatic rings. The van der Waals surface area contributed by atoms with Crippen LogP contribution in [-0.2, 0) is 0 Å². The lowest BCUT2D eigenvalue weighted by Gasteiger charge is -2.26. The van der Waals surface area contributed by atoms with Crippen molar-refractivity contribution in [2.45, 2.75) is 18.9 Å². The molecule has 1 heterocycles. The van der Waals surface area contributed by atoms with Gasteiger partial charge in [0.05, 0.1) is 12.2 Å². The summed E-state index contributed by atoms with van der Waals surface area (Å²) in [6, 6.07) is 2.07. The van der Waals surface area contributed by atoms with Gasteiger partial charge in [0.15, 0.2) is 0 Å². The first-order valence-corrected chi connectivity index (χ1v) is 3.60. The van der Waals surface area contributed by atoms with Crippen LogP contribution in [0.4, 0.5) is 0 Å². The molecule has 0 aromatic heterocycles. The first-order chi connectivity index (χ1) is 4.84. The summed E-state index contributed by atoms with van der Waals surface area (Å²) in [6.07, 6.45) is 0.987. The third-order valence-electron chi connectivity index (χ3n) is 1.92. The number of nitriles is 1. The van der Waals surface area contributed by atoms with E-state index in [1.54, 1.807) is 0 Å². The molecule has 0 aromatic carbocycles. The standard InChI is InChI=1S/C7H12N2O/c8-3-1-6-5-9-4-2-7(6)10/h6-7,9-10H,1-2,4-5H2/t6-,7+/m0/s1. The highest BCUT2D eigenvalue weighted by molar-refractivity contribution is 4.84. The Hall–Kier alpha value is -0.590. The lowest BCUT2D eigenvalue weighted by Crippen LogP contribution is -2.39. The molecular weight excluding hydrogens is 128 g/mol. The van der Waals surface area contributed by atoms with Crippen LogP contribution in [0.2, 0.25) is 0 Å². The Morgan fingerprint density at radius 3 is 3.10 bits per heavy atom. The largest absolute Gasteiger partial charge is 0.393 e. The minimum Gasteiger partial charge on any atom is -0.393 e. The maximum atomic E-state index is 9.31. The van der Waals surface area contributed by atoms with Crippen LogP contribution >= 0.6 is 0 Å². The smallest absolute Gasteiger partial charge is 0.0626 e. The van der Waals surface area contributed by atoms with Crippen LogP contribution in [0.15, 0.2) is 0 Å². The summed E-state index contributed by atoms with van der Waals surface area (Å²) in [5, 5.41) is 20.8. The molecule has 3 heteroatoms. The van der Waals surface area contributed by atoms with Crippen molar-refractivity contribution >= 4 is 0 Å². The van der Waals surface area contributed by atoms with E-state index in [1.165, 1.54) is 0 Å². The van der Waals surface area contributed by atoms with Gasteiger partial charge in [-0.3, -0.25) is 0 Å². The van der Waals surface area contributed by atoms with Gasteiger partial charge in [-0.25, -0.2) is 0 Å². The molecule has 10 heavy (non-hydrogen) atoms. The Labute approximate surface area is 60.7 Å². The van der Waals surface area contributed by atoms with Gasteiger partial charge in [-0.15, -0.1) is 0 Å². The number of aliphatic hydroxyl groups excluding tert-OH is 1. The van der Waals surface area contributed by atoms with E-state index in [2.05, 4.69) is 11.4 Å². The molecule has 1 fully saturated rings. The number of rotatable bonds is 1. The SMILES string of the molecule is N#CC[C@H]1CNCC[C@H]1O. The molecule has 3 nitrogen and oxygen atoms in total. The second-order valence-electron chi connectivity index (χ2n) is 2.68. The highest BCUT2D eigenvalue weighted by Crippen LogP contribution is 2.13. The van der Waals surface area contributed by atoms with Crippen LogP contribution < -0.4 is 5.32 Å². The Bertz CT molecular complexity index is 141. The molecule has 1 saturated heterocycles. The maximum absolute atomic E-state index is 9.31. The molecule has 2 atom stereocenters. The Balaban J connectivity index is 2.34. The minimum absolute atomic E-state index is 0.152. The van der Waals surface area contributed by atoms with Gasteiger partial charge in [0.25, 0.3) is 0 Å². The zero-order valence-corrected chi connectivity index (χ0v) is 5.88. The summed E-state index contributed by atoms with van der Waals surface area (Å²) < 4.78 is 0. The van der Waals surface area contributed by atoms with E-state index in [1.807, 2.05) is 0 Å². The van der Waals surface area contributed by atoms with E-state index in [4.69, 9.17) is 5.26 Å². The fourth-order valence-corrected chi connectivity index (χ4v) is 1.23. The highest BCUT2D eigenvalue weighted by Gasteiger charge is 2.21. The Morgan fingerprint density at radius 2 is 2.50 bits per heavy atom. The zero-order valence-electron chi connectivity index (χ0n) is 5.88. The van der Waals surface area contributed by atoms with Crippen molar-refractivity contribution in [3.05, 3.63) is 0 Å². The number of hydrogen-bond donors (Lipinski definition) is 2. The van der Waals surface area contributed by atoms with Crippen LogP contribution in [0.1, 0.15) is 12.8 Å². The molecule has 0 unspecified atom stereocenters. The average Bonchev–Trinajstić information content (AvgIpc) is 1.94. The van der Waals surface area contributed by atoms with E-state index in [9.17, 15) is 5.11 Å². The summed E-state index contributed by atoms with van der Waals surface area (Å²) in [6.45, 7) is 1.66. The number of nitrogens with zero attached hydrogens (tertiary/aromatic N) is 1. The van der Waals surface area contributed by atoms with Crippen molar-refractivity contribution in [3.8, 4) is 6.07 Å². The molecule has 56 valence electrons. The third kappa shape index (κ3) is 1.69. The predicted molar refractivity (Wildman–Crippen MR) is 37.2 cm³/mol. The summed E-state index contributed by atoms with van der Waals surface area (Å²) in [4.78, 5) is 0. The lowest BCUT2D eigenvalue weighted by molar-refractivity contribution is 0.0813. The fourth-order valence-electron chi connectivity index (χ4n) is 1.23. The molecule has 2 N–H and O–H groups in total. The van der Waals surface area contributed by atoms with E-state index in [-0.39, 0.29) is 12.0 Å². The third-order valence-corrected chi connectivity index (χ3v) is 1.92. The molecule has 0 amide bonds. The van der Waals surface area contributed by atoms with Crippen molar-refractivity contribution in [2.75, 3.05) is 13.1 Å². The van der Waals surface area contributed by atoms with Gasteiger partial charge in [-0.05, 0) is 13.0 Å². The minimum atomic E-state index is -0.263. The normalized spacial score (nSPS) is 33.2. The van der Waals surface area contributed by atoms with E-state index >= 15 is 0 Å². The number of nitrogens with one attached hydrogen (secondary N) is 1. The van der Waals surface area contributed by atoms with Crippen molar-refractivity contribution in [1.82, 2.24) is 5.32 Å². The number of piperidine rings is 1. The van der Waals surface area contributed by atoms with E-state index < -0.39 is 0 Å². The van der Waals surface area contributed by atoms with Gasteiger partial charge in [0.2, 0.25) is 0 Å². The molecule has 1 aliphatic rings. The van der Waals surface area contributed by atoms with Crippen LogP contribution in [0.5, 0.6) is 0 Å². The quantitative estimate of drug-likeness (QED) is 0.533. The predicted octanol–water partition coefficient (Wildman–Crippen LogP) is -0.130. The topological polar surface area (TPSA) is 56.0 Å². The Kier molecular flexibility index (Phi) is 2.67. The first kappa shape index (κ1) is 7.52. The fraction of sp³-hybridized carbons (Fsp3) is 0.857. The van der Waals surface area contributed by atoms with Crippen molar-refractivity contribution in [1.29, 1.82) is 5.26 Å². The molecule has 0 radical (unpaired) electrons. The maximum Gasteiger partial charge on any atom is 0.0626 e. The molecule has 1 rings (SSSR count). The summed E-state index contributed by atoms with van der Waals surface area (Å²) >= 11 is 0. The van der Waals surface area contributed by atoms with Crippen LogP contribution in [0, 0.1) is 17.2 Å². The van der Waals surface area contributed by atoms with E-state index in [0.29, 0.717) is 6.42 Å². The second kappa shape index (κ2) is 3.55. The molecule has 0 aliphatic carbocycles. The second-order valence-corrected chi connectivity index (χ2v) is 2.68. The number of hydrogen-bond acceptors (Lipinski definition) is 3. The first-order valence-electron chi connectivity index (χ1n) is 3.60. The van der Waals surface area contributed by atoms with Crippen LogP contribution in [0.3, 0.4) is 0 Å². The van der Waals surface area contributed by atoms with Gasteiger partial charge < -0.3 is 10.4 Å². The average molecular weight is 140 g/mol. The highest BCUT2D eigenvalue weighted by atomic mass is 16.3. The molecule has 0 bridgehead atoms. The Morgan fingerprint density at radius 1 is 1.70 bits per heavy atom. The molecular formula is C7H12N2O. The zero-order chi connectivity index (χ0) is 7.40. The monoisotopic (exact) mass is 140 g/mol. The van der Waals surface area contributed by atoms with Crippen LogP contribution in [-0.4, -0.2) is 24.3 Å². The summed E-state index contributed by atoms with van der Waals surface area (Å²) in [5.74, 6) is 0.152. The van der Waals surface area contributed by atoms with Crippen LogP contribution in [0.25, 0.3) is 0 Å². The summed E-state index contributed by atoms with van der Waals surface area (Å²) in [5.41, 5.74) is 0. The van der Waals surface area contributed by atoms with E-state index in [0.717, 1.165) is 19.5 Å². The van der Waals surface area contributed by atoms with Gasteiger partial charge in [0.1, 0.15) is 0 Å².